The van der Waals surface area contributed by atoms with Crippen LogP contribution in [0.5, 0.6) is 0 Å². The van der Waals surface area contributed by atoms with E-state index in [1.165, 1.54) is 0 Å². The summed E-state index contributed by atoms with van der Waals surface area (Å²) in [5.41, 5.74) is 3.97. The van der Waals surface area contributed by atoms with E-state index in [4.69, 9.17) is 0 Å². The molecule has 23 heavy (non-hydrogen) atoms. The Labute approximate surface area is 132 Å². The Kier molecular flexibility index (Phi) is 4.76. The highest BCUT2D eigenvalue weighted by molar-refractivity contribution is 7.89. The summed E-state index contributed by atoms with van der Waals surface area (Å²) in [5, 5.41) is 0. The fourth-order valence-corrected chi connectivity index (χ4v) is 2.80. The topological polar surface area (TPSA) is 75.3 Å². The van der Waals surface area contributed by atoms with Gasteiger partial charge in [0.15, 0.2) is 11.6 Å². The fraction of sp³-hybridized carbons (Fsp3) is 0.133. The molecule has 1 amide bonds. The van der Waals surface area contributed by atoms with Crippen LogP contribution in [-0.2, 0) is 10.0 Å². The van der Waals surface area contributed by atoms with Gasteiger partial charge in [0.2, 0.25) is 0 Å². The molecule has 0 atom stereocenters. The Morgan fingerprint density at radius 2 is 1.70 bits per heavy atom. The first-order valence-corrected chi connectivity index (χ1v) is 8.03. The molecule has 0 aromatic heterocycles. The van der Waals surface area contributed by atoms with Gasteiger partial charge in [-0.2, -0.15) is 0 Å². The number of hydrogen-bond acceptors (Lipinski definition) is 3. The maximum absolute atomic E-state index is 13.1. The van der Waals surface area contributed by atoms with E-state index in [9.17, 15) is 22.0 Å². The van der Waals surface area contributed by atoms with Crippen LogP contribution in [0.15, 0.2) is 41.3 Å². The first kappa shape index (κ1) is 17.0. The monoisotopic (exact) mass is 340 g/mol. The summed E-state index contributed by atoms with van der Waals surface area (Å²) < 4.78 is 49.9. The molecule has 0 radical (unpaired) electrons. The number of amides is 1. The summed E-state index contributed by atoms with van der Waals surface area (Å²) in [7, 11) is -4.21. The van der Waals surface area contributed by atoms with Crippen molar-refractivity contribution in [2.45, 2.75) is 18.7 Å². The van der Waals surface area contributed by atoms with Crippen LogP contribution in [0.1, 0.15) is 21.5 Å². The second kappa shape index (κ2) is 6.43. The molecule has 2 aromatic rings. The van der Waals surface area contributed by atoms with E-state index < -0.39 is 32.5 Å². The number of hydrogen-bond donors (Lipinski definition) is 2. The molecule has 0 aliphatic carbocycles. The van der Waals surface area contributed by atoms with Crippen molar-refractivity contribution in [2.75, 3.05) is 0 Å². The Hall–Kier alpha value is -2.32. The lowest BCUT2D eigenvalue weighted by atomic mass is 10.1. The van der Waals surface area contributed by atoms with Crippen molar-refractivity contribution in [1.29, 1.82) is 0 Å². The predicted octanol–water partition coefficient (Wildman–Crippen LogP) is 2.20. The van der Waals surface area contributed by atoms with Crippen molar-refractivity contribution < 1.29 is 22.0 Å². The zero-order valence-electron chi connectivity index (χ0n) is 12.4. The zero-order valence-corrected chi connectivity index (χ0v) is 13.2. The van der Waals surface area contributed by atoms with E-state index in [1.807, 2.05) is 17.2 Å². The molecule has 2 aromatic carbocycles. The molecule has 0 spiro atoms. The van der Waals surface area contributed by atoms with Gasteiger partial charge in [-0.3, -0.25) is 10.2 Å². The van der Waals surface area contributed by atoms with Gasteiger partial charge in [0.25, 0.3) is 15.9 Å². The van der Waals surface area contributed by atoms with Crippen LogP contribution < -0.4 is 10.3 Å². The number of hydrazine groups is 1. The first-order valence-electron chi connectivity index (χ1n) is 6.55. The largest absolute Gasteiger partial charge is 0.273 e. The molecular weight excluding hydrogens is 326 g/mol. The number of halogens is 2. The molecule has 8 heteroatoms. The van der Waals surface area contributed by atoms with Crippen LogP contribution in [-0.4, -0.2) is 14.3 Å². The quantitative estimate of drug-likeness (QED) is 0.838. The van der Waals surface area contributed by atoms with Gasteiger partial charge in [-0.15, -0.1) is 4.83 Å². The summed E-state index contributed by atoms with van der Waals surface area (Å²) >= 11 is 0. The van der Waals surface area contributed by atoms with E-state index >= 15 is 0 Å². The van der Waals surface area contributed by atoms with Gasteiger partial charge in [0.1, 0.15) is 0 Å². The lowest BCUT2D eigenvalue weighted by Crippen LogP contribution is -2.41. The van der Waals surface area contributed by atoms with E-state index in [2.05, 4.69) is 0 Å². The van der Waals surface area contributed by atoms with Gasteiger partial charge in [0.05, 0.1) is 4.90 Å². The van der Waals surface area contributed by atoms with E-state index in [0.29, 0.717) is 23.3 Å². The summed E-state index contributed by atoms with van der Waals surface area (Å²) in [6.45, 7) is 3.58. The number of rotatable bonds is 4. The molecule has 0 bridgehead atoms. The number of benzene rings is 2. The lowest BCUT2D eigenvalue weighted by Gasteiger charge is -2.10. The Morgan fingerprint density at radius 1 is 1.00 bits per heavy atom. The summed E-state index contributed by atoms with van der Waals surface area (Å²) in [6, 6.07) is 7.16. The van der Waals surface area contributed by atoms with Gasteiger partial charge in [-0.25, -0.2) is 17.2 Å². The van der Waals surface area contributed by atoms with Crippen LogP contribution in [0, 0.1) is 25.5 Å². The van der Waals surface area contributed by atoms with Gasteiger partial charge >= 0.3 is 0 Å². The molecular formula is C15H14F2N2O3S. The summed E-state index contributed by atoms with van der Waals surface area (Å²) in [5.74, 6) is -3.12. The van der Waals surface area contributed by atoms with Crippen LogP contribution in [0.25, 0.3) is 0 Å². The molecule has 2 rings (SSSR count). The minimum atomic E-state index is -4.21. The molecule has 0 aliphatic heterocycles. The molecule has 0 aliphatic rings. The third-order valence-corrected chi connectivity index (χ3v) is 4.37. The number of aryl methyl sites for hydroxylation is 2. The van der Waals surface area contributed by atoms with Crippen LogP contribution in [0.2, 0.25) is 0 Å². The van der Waals surface area contributed by atoms with Crippen molar-refractivity contribution in [1.82, 2.24) is 10.3 Å². The molecule has 0 saturated carbocycles. The zero-order chi connectivity index (χ0) is 17.2. The minimum Gasteiger partial charge on any atom is -0.273 e. The van der Waals surface area contributed by atoms with Crippen molar-refractivity contribution in [3.05, 3.63) is 64.7 Å². The molecule has 0 heterocycles. The summed E-state index contributed by atoms with van der Waals surface area (Å²) in [6.07, 6.45) is 0. The second-order valence-corrected chi connectivity index (χ2v) is 6.64. The highest BCUT2D eigenvalue weighted by Gasteiger charge is 2.18. The normalized spacial score (nSPS) is 11.3. The number of nitrogens with one attached hydrogen (secondary N) is 2. The third kappa shape index (κ3) is 3.91. The van der Waals surface area contributed by atoms with E-state index in [1.54, 1.807) is 25.1 Å². The van der Waals surface area contributed by atoms with Gasteiger partial charge < -0.3 is 0 Å². The van der Waals surface area contributed by atoms with E-state index in [0.717, 1.165) is 11.6 Å². The highest BCUT2D eigenvalue weighted by Crippen LogP contribution is 2.14. The molecule has 0 unspecified atom stereocenters. The van der Waals surface area contributed by atoms with Crippen LogP contribution in [0.4, 0.5) is 8.78 Å². The van der Waals surface area contributed by atoms with Gasteiger partial charge in [-0.1, -0.05) is 17.7 Å². The first-order chi connectivity index (χ1) is 10.7. The minimum absolute atomic E-state index is 0.295. The Morgan fingerprint density at radius 3 is 2.30 bits per heavy atom. The van der Waals surface area contributed by atoms with Gasteiger partial charge in [-0.05, 0) is 43.7 Å². The van der Waals surface area contributed by atoms with E-state index in [-0.39, 0.29) is 0 Å². The highest BCUT2D eigenvalue weighted by atomic mass is 32.2. The Balaban J connectivity index is 2.15. The number of carbonyl (C=O) groups excluding carboxylic acids is 1. The van der Waals surface area contributed by atoms with Crippen LogP contribution in [0.3, 0.4) is 0 Å². The number of carbonyl (C=O) groups is 1. The smallest absolute Gasteiger partial charge is 0.266 e. The Bertz CT molecular complexity index is 867. The average molecular weight is 340 g/mol. The third-order valence-electron chi connectivity index (χ3n) is 3.13. The van der Waals surface area contributed by atoms with Gasteiger partial charge in [0, 0.05) is 5.56 Å². The molecule has 0 saturated heterocycles. The molecule has 122 valence electrons. The summed E-state index contributed by atoms with van der Waals surface area (Å²) in [4.78, 5) is 13.3. The van der Waals surface area contributed by atoms with Crippen molar-refractivity contribution in [3.63, 3.8) is 0 Å². The van der Waals surface area contributed by atoms with Crippen molar-refractivity contribution in [2.24, 2.45) is 0 Å². The second-order valence-electron chi connectivity index (χ2n) is 4.95. The van der Waals surface area contributed by atoms with Crippen molar-refractivity contribution in [3.8, 4) is 0 Å². The number of sulfonamides is 1. The SMILES string of the molecule is Cc1ccc(C(=O)NNS(=O)(=O)c2ccc(F)c(F)c2)c(C)c1. The molecule has 2 N–H and O–H groups in total. The standard InChI is InChI=1S/C15H14F2N2O3S/c1-9-3-5-12(10(2)7-9)15(20)18-19-23(21,22)11-4-6-13(16)14(17)8-11/h3-8,19H,1-2H3,(H,18,20). The predicted molar refractivity (Wildman–Crippen MR) is 80.1 cm³/mol. The maximum Gasteiger partial charge on any atom is 0.266 e. The maximum atomic E-state index is 13.1. The lowest BCUT2D eigenvalue weighted by molar-refractivity contribution is 0.0944. The average Bonchev–Trinajstić information content (AvgIpc) is 2.47. The fourth-order valence-electron chi connectivity index (χ4n) is 1.95. The molecule has 0 fully saturated rings. The van der Waals surface area contributed by atoms with Crippen molar-refractivity contribution >= 4 is 15.9 Å². The van der Waals surface area contributed by atoms with Crippen LogP contribution >= 0.6 is 0 Å². The molecule has 5 nitrogen and oxygen atoms in total.